The van der Waals surface area contributed by atoms with E-state index in [0.717, 1.165) is 37.2 Å². The summed E-state index contributed by atoms with van der Waals surface area (Å²) < 4.78 is 7.80. The van der Waals surface area contributed by atoms with E-state index < -0.39 is 5.41 Å². The van der Waals surface area contributed by atoms with Crippen molar-refractivity contribution in [3.05, 3.63) is 16.4 Å². The molecule has 3 unspecified atom stereocenters. The summed E-state index contributed by atoms with van der Waals surface area (Å²) in [6.45, 7) is 4.73. The molecule has 3 heterocycles. The van der Waals surface area contributed by atoms with Gasteiger partial charge in [0, 0.05) is 13.0 Å². The third-order valence-electron chi connectivity index (χ3n) is 4.47. The average Bonchev–Trinajstić information content (AvgIpc) is 3.08. The Kier molecular flexibility index (Phi) is 3.07. The van der Waals surface area contributed by atoms with Crippen LogP contribution in [0.3, 0.4) is 0 Å². The van der Waals surface area contributed by atoms with Crippen LogP contribution in [0, 0.1) is 23.7 Å². The van der Waals surface area contributed by atoms with Gasteiger partial charge in [-0.3, -0.25) is 4.68 Å². The molecule has 0 saturated carbocycles. The Hall–Kier alpha value is -1.05. The second-order valence-electron chi connectivity index (χ2n) is 5.63. The molecule has 3 rings (SSSR count). The summed E-state index contributed by atoms with van der Waals surface area (Å²) in [5.74, 6) is 0. The highest BCUT2D eigenvalue weighted by atomic mass is 35.5. The van der Waals surface area contributed by atoms with Crippen molar-refractivity contribution in [3.63, 3.8) is 0 Å². The first-order valence-electron chi connectivity index (χ1n) is 6.88. The van der Waals surface area contributed by atoms with Crippen LogP contribution < -0.4 is 0 Å². The second-order valence-corrected chi connectivity index (χ2v) is 6.01. The minimum atomic E-state index is -0.411. The number of hydrogen-bond acceptors (Lipinski definition) is 3. The fourth-order valence-electron chi connectivity index (χ4n) is 3.48. The largest absolute Gasteiger partial charge is 0.373 e. The Morgan fingerprint density at radius 3 is 2.89 bits per heavy atom. The summed E-state index contributed by atoms with van der Waals surface area (Å²) in [6.07, 6.45) is 3.90. The summed E-state index contributed by atoms with van der Waals surface area (Å²) in [4.78, 5) is 0. The van der Waals surface area contributed by atoms with Gasteiger partial charge >= 0.3 is 0 Å². The summed E-state index contributed by atoms with van der Waals surface area (Å²) in [7, 11) is 0. The summed E-state index contributed by atoms with van der Waals surface area (Å²) in [5, 5.41) is 14.8. The van der Waals surface area contributed by atoms with E-state index in [2.05, 4.69) is 11.2 Å². The molecule has 102 valence electrons. The first-order valence-corrected chi connectivity index (χ1v) is 7.26. The molecule has 2 aliphatic heterocycles. The zero-order valence-electron chi connectivity index (χ0n) is 11.3. The van der Waals surface area contributed by atoms with Crippen LogP contribution in [0.2, 0.25) is 5.02 Å². The molecule has 0 N–H and O–H groups in total. The minimum Gasteiger partial charge on any atom is -0.373 e. The first-order chi connectivity index (χ1) is 9.09. The maximum absolute atomic E-state index is 9.66. The maximum atomic E-state index is 9.66. The van der Waals surface area contributed by atoms with Gasteiger partial charge in [-0.2, -0.15) is 10.4 Å². The third kappa shape index (κ3) is 1.87. The molecule has 0 amide bonds. The molecule has 2 saturated heterocycles. The lowest BCUT2D eigenvalue weighted by Crippen LogP contribution is -2.34. The first kappa shape index (κ1) is 13.0. The zero-order chi connectivity index (χ0) is 13.6. The van der Waals surface area contributed by atoms with Gasteiger partial charge in [0.2, 0.25) is 0 Å². The van der Waals surface area contributed by atoms with Crippen LogP contribution in [0.5, 0.6) is 0 Å². The molecule has 3 atom stereocenters. The normalized spacial score (nSPS) is 32.7. The molecule has 1 aromatic heterocycles. The van der Waals surface area contributed by atoms with Crippen LogP contribution in [-0.4, -0.2) is 22.0 Å². The molecule has 4 nitrogen and oxygen atoms in total. The van der Waals surface area contributed by atoms with Crippen LogP contribution in [0.4, 0.5) is 0 Å². The lowest BCUT2D eigenvalue weighted by atomic mass is 9.72. The summed E-state index contributed by atoms with van der Waals surface area (Å²) in [6, 6.07) is 2.52. The van der Waals surface area contributed by atoms with Gasteiger partial charge in [0.05, 0.1) is 40.1 Å². The zero-order valence-corrected chi connectivity index (χ0v) is 12.1. The molecule has 2 fully saturated rings. The van der Waals surface area contributed by atoms with E-state index in [1.54, 1.807) is 0 Å². The van der Waals surface area contributed by atoms with Crippen LogP contribution >= 0.6 is 11.6 Å². The topological polar surface area (TPSA) is 50.8 Å². The number of hydrogen-bond donors (Lipinski definition) is 0. The number of halogens is 1. The molecular weight excluding hydrogens is 262 g/mol. The van der Waals surface area contributed by atoms with Gasteiger partial charge < -0.3 is 4.74 Å². The SMILES string of the molecule is CCn1nc(C)c(Cl)c1CC1(C#N)CC2CCC1O2. The summed E-state index contributed by atoms with van der Waals surface area (Å²) >= 11 is 6.36. The smallest absolute Gasteiger partial charge is 0.0915 e. The van der Waals surface area contributed by atoms with Crippen LogP contribution in [0.15, 0.2) is 0 Å². The van der Waals surface area contributed by atoms with Crippen molar-refractivity contribution in [1.29, 1.82) is 5.26 Å². The van der Waals surface area contributed by atoms with E-state index in [-0.39, 0.29) is 12.2 Å². The van der Waals surface area contributed by atoms with E-state index in [0.29, 0.717) is 11.4 Å². The predicted octanol–water partition coefficient (Wildman–Crippen LogP) is 2.87. The number of fused-ring (bicyclic) bond motifs is 2. The molecule has 1 aromatic rings. The summed E-state index contributed by atoms with van der Waals surface area (Å²) in [5.41, 5.74) is 1.42. The predicted molar refractivity (Wildman–Crippen MR) is 71.9 cm³/mol. The standard InChI is InChI=1S/C14H18ClN3O/c1-3-18-11(13(15)9(2)17-18)7-14(8-16)6-10-4-5-12(14)19-10/h10,12H,3-7H2,1-2H3. The minimum absolute atomic E-state index is 0.0686. The van der Waals surface area contributed by atoms with Gasteiger partial charge in [0.1, 0.15) is 0 Å². The molecule has 2 aliphatic rings. The number of aryl methyl sites for hydroxylation is 2. The Labute approximate surface area is 118 Å². The molecule has 19 heavy (non-hydrogen) atoms. The third-order valence-corrected chi connectivity index (χ3v) is 4.97. The van der Waals surface area contributed by atoms with Crippen molar-refractivity contribution < 1.29 is 4.74 Å². The average molecular weight is 280 g/mol. The van der Waals surface area contributed by atoms with E-state index in [1.807, 2.05) is 18.5 Å². The van der Waals surface area contributed by atoms with Crippen molar-refractivity contribution >= 4 is 11.6 Å². The number of nitrogens with zero attached hydrogens (tertiary/aromatic N) is 3. The molecule has 2 bridgehead atoms. The van der Waals surface area contributed by atoms with Gasteiger partial charge in [-0.25, -0.2) is 0 Å². The van der Waals surface area contributed by atoms with Gasteiger partial charge in [0.25, 0.3) is 0 Å². The van der Waals surface area contributed by atoms with E-state index in [4.69, 9.17) is 16.3 Å². The Balaban J connectivity index is 1.95. The van der Waals surface area contributed by atoms with Gasteiger partial charge in [-0.05, 0) is 33.1 Å². The molecule has 5 heteroatoms. The molecular formula is C14H18ClN3O. The fourth-order valence-corrected chi connectivity index (χ4v) is 3.68. The quantitative estimate of drug-likeness (QED) is 0.855. The lowest BCUT2D eigenvalue weighted by molar-refractivity contribution is 0.0782. The molecule has 0 aromatic carbocycles. The van der Waals surface area contributed by atoms with Gasteiger partial charge in [-0.15, -0.1) is 0 Å². The van der Waals surface area contributed by atoms with E-state index >= 15 is 0 Å². The van der Waals surface area contributed by atoms with Crippen molar-refractivity contribution in [2.45, 2.75) is 58.3 Å². The van der Waals surface area contributed by atoms with Crippen molar-refractivity contribution in [2.75, 3.05) is 0 Å². The van der Waals surface area contributed by atoms with Crippen LogP contribution in [-0.2, 0) is 17.7 Å². The van der Waals surface area contributed by atoms with Crippen molar-refractivity contribution in [3.8, 4) is 6.07 Å². The number of rotatable bonds is 3. The van der Waals surface area contributed by atoms with E-state index in [1.165, 1.54) is 0 Å². The Bertz CT molecular complexity index is 548. The Morgan fingerprint density at radius 2 is 2.37 bits per heavy atom. The number of ether oxygens (including phenoxy) is 1. The number of aromatic nitrogens is 2. The Morgan fingerprint density at radius 1 is 1.58 bits per heavy atom. The lowest BCUT2D eigenvalue weighted by Gasteiger charge is -2.28. The maximum Gasteiger partial charge on any atom is 0.0915 e. The highest BCUT2D eigenvalue weighted by molar-refractivity contribution is 6.31. The van der Waals surface area contributed by atoms with Gasteiger partial charge in [-0.1, -0.05) is 11.6 Å². The molecule has 0 aliphatic carbocycles. The monoisotopic (exact) mass is 279 g/mol. The highest BCUT2D eigenvalue weighted by Crippen LogP contribution is 2.49. The number of nitriles is 1. The highest BCUT2D eigenvalue weighted by Gasteiger charge is 2.53. The van der Waals surface area contributed by atoms with Crippen molar-refractivity contribution in [1.82, 2.24) is 9.78 Å². The second kappa shape index (κ2) is 4.50. The molecule has 0 radical (unpaired) electrons. The molecule has 0 spiro atoms. The fraction of sp³-hybridized carbons (Fsp3) is 0.714. The van der Waals surface area contributed by atoms with E-state index in [9.17, 15) is 5.26 Å². The van der Waals surface area contributed by atoms with Crippen LogP contribution in [0.25, 0.3) is 0 Å². The van der Waals surface area contributed by atoms with Crippen LogP contribution in [0.1, 0.15) is 37.6 Å². The van der Waals surface area contributed by atoms with Crippen molar-refractivity contribution in [2.24, 2.45) is 5.41 Å². The van der Waals surface area contributed by atoms with Gasteiger partial charge in [0.15, 0.2) is 0 Å².